The van der Waals surface area contributed by atoms with E-state index in [0.717, 1.165) is 12.5 Å². The van der Waals surface area contributed by atoms with Gasteiger partial charge in [-0.15, -0.1) is 0 Å². The molecule has 12 heavy (non-hydrogen) atoms. The number of hydrogen-bond donors (Lipinski definition) is 2. The average Bonchev–Trinajstić information content (AvgIpc) is 2.54. The van der Waals surface area contributed by atoms with Crippen LogP contribution in [0.2, 0.25) is 0 Å². The van der Waals surface area contributed by atoms with Gasteiger partial charge in [-0.1, -0.05) is 13.8 Å². The minimum absolute atomic E-state index is 0.224. The number of aliphatic hydroxyl groups is 1. The van der Waals surface area contributed by atoms with Crippen molar-refractivity contribution in [1.29, 1.82) is 0 Å². The van der Waals surface area contributed by atoms with E-state index >= 15 is 0 Å². The Hall–Kier alpha value is -0.0800. The quantitative estimate of drug-likeness (QED) is 0.670. The Kier molecular flexibility index (Phi) is 2.79. The lowest BCUT2D eigenvalue weighted by molar-refractivity contribution is 0.151. The van der Waals surface area contributed by atoms with Gasteiger partial charge in [0.25, 0.3) is 0 Å². The smallest absolute Gasteiger partial charge is 0.0662 e. The molecule has 1 rings (SSSR count). The first-order valence-corrected chi connectivity index (χ1v) is 4.85. The van der Waals surface area contributed by atoms with Crippen LogP contribution < -0.4 is 5.32 Å². The molecule has 0 amide bonds. The zero-order chi connectivity index (χ0) is 9.35. The molecule has 0 heterocycles. The average molecular weight is 171 g/mol. The second kappa shape index (κ2) is 3.35. The molecule has 0 aliphatic heterocycles. The summed E-state index contributed by atoms with van der Waals surface area (Å²) in [5, 5.41) is 12.6. The van der Waals surface area contributed by atoms with Crippen LogP contribution >= 0.6 is 0 Å². The highest BCUT2D eigenvalue weighted by molar-refractivity contribution is 4.96. The highest BCUT2D eigenvalue weighted by atomic mass is 16.3. The number of hydrogen-bond acceptors (Lipinski definition) is 2. The van der Waals surface area contributed by atoms with Crippen molar-refractivity contribution in [3.63, 3.8) is 0 Å². The monoisotopic (exact) mass is 171 g/mol. The minimum Gasteiger partial charge on any atom is -0.392 e. The summed E-state index contributed by atoms with van der Waals surface area (Å²) in [5.74, 6) is 0.818. The molecular weight excluding hydrogens is 150 g/mol. The van der Waals surface area contributed by atoms with Crippen LogP contribution in [0.1, 0.15) is 34.1 Å². The molecule has 0 spiro atoms. The third-order valence-electron chi connectivity index (χ3n) is 3.13. The fourth-order valence-electron chi connectivity index (χ4n) is 1.42. The lowest BCUT2D eigenvalue weighted by atomic mass is 10.1. The summed E-state index contributed by atoms with van der Waals surface area (Å²) in [6, 6.07) is 0.224. The molecule has 0 radical (unpaired) electrons. The Morgan fingerprint density at radius 3 is 2.33 bits per heavy atom. The van der Waals surface area contributed by atoms with Crippen LogP contribution in [-0.2, 0) is 0 Å². The van der Waals surface area contributed by atoms with E-state index in [1.165, 1.54) is 6.42 Å². The van der Waals surface area contributed by atoms with Crippen molar-refractivity contribution in [3.05, 3.63) is 0 Å². The van der Waals surface area contributed by atoms with E-state index in [2.05, 4.69) is 19.2 Å². The van der Waals surface area contributed by atoms with Crippen molar-refractivity contribution < 1.29 is 5.11 Å². The van der Waals surface area contributed by atoms with E-state index in [1.807, 2.05) is 13.8 Å². The lowest BCUT2D eigenvalue weighted by Gasteiger charge is -2.16. The Balaban J connectivity index is 2.11. The Morgan fingerprint density at radius 2 is 2.00 bits per heavy atom. The minimum atomic E-state index is -0.244. The van der Waals surface area contributed by atoms with E-state index in [-0.39, 0.29) is 12.1 Å². The third-order valence-corrected chi connectivity index (χ3v) is 3.13. The summed E-state index contributed by atoms with van der Waals surface area (Å²) in [5.41, 5.74) is 0.547. The second-order valence-electron chi connectivity index (χ2n) is 4.83. The zero-order valence-corrected chi connectivity index (χ0v) is 8.59. The van der Waals surface area contributed by atoms with E-state index < -0.39 is 0 Å². The highest BCUT2D eigenvalue weighted by Gasteiger charge is 2.44. The molecule has 0 bridgehead atoms. The summed E-state index contributed by atoms with van der Waals surface area (Å²) in [6.45, 7) is 9.51. The first-order valence-electron chi connectivity index (χ1n) is 4.85. The van der Waals surface area contributed by atoms with Crippen molar-refractivity contribution in [2.45, 2.75) is 46.3 Å². The molecule has 3 unspecified atom stereocenters. The lowest BCUT2D eigenvalue weighted by Crippen LogP contribution is -2.37. The Labute approximate surface area is 75.4 Å². The summed E-state index contributed by atoms with van der Waals surface area (Å²) < 4.78 is 0. The van der Waals surface area contributed by atoms with Gasteiger partial charge in [-0.25, -0.2) is 0 Å². The van der Waals surface area contributed by atoms with Crippen LogP contribution in [0.3, 0.4) is 0 Å². The molecule has 1 saturated carbocycles. The first-order chi connectivity index (χ1) is 5.43. The normalized spacial score (nSPS) is 31.2. The van der Waals surface area contributed by atoms with Gasteiger partial charge < -0.3 is 10.4 Å². The van der Waals surface area contributed by atoms with Crippen molar-refractivity contribution in [2.24, 2.45) is 11.3 Å². The fourth-order valence-corrected chi connectivity index (χ4v) is 1.42. The molecule has 72 valence electrons. The molecule has 3 atom stereocenters. The fraction of sp³-hybridized carbons (Fsp3) is 1.00. The molecule has 0 aromatic heterocycles. The number of rotatable bonds is 4. The van der Waals surface area contributed by atoms with Crippen LogP contribution in [0.15, 0.2) is 0 Å². The molecular formula is C10H21NO. The van der Waals surface area contributed by atoms with Gasteiger partial charge >= 0.3 is 0 Å². The van der Waals surface area contributed by atoms with Crippen molar-refractivity contribution in [3.8, 4) is 0 Å². The van der Waals surface area contributed by atoms with Crippen molar-refractivity contribution in [2.75, 3.05) is 6.54 Å². The molecule has 0 aromatic carbocycles. The van der Waals surface area contributed by atoms with E-state index in [4.69, 9.17) is 0 Å². The van der Waals surface area contributed by atoms with Gasteiger partial charge in [0.1, 0.15) is 0 Å². The molecule has 1 fully saturated rings. The standard InChI is InChI=1S/C10H21NO/c1-7(8(2)12)11-6-9-5-10(9,3)4/h7-9,11-12H,5-6H2,1-4H3. The van der Waals surface area contributed by atoms with Crippen LogP contribution in [0.25, 0.3) is 0 Å². The van der Waals surface area contributed by atoms with E-state index in [0.29, 0.717) is 5.41 Å². The summed E-state index contributed by atoms with van der Waals surface area (Å²) >= 11 is 0. The maximum atomic E-state index is 9.22. The maximum absolute atomic E-state index is 9.22. The SMILES string of the molecule is CC(O)C(C)NCC1CC1(C)C. The van der Waals surface area contributed by atoms with Crippen LogP contribution in [0.5, 0.6) is 0 Å². The van der Waals surface area contributed by atoms with Crippen molar-refractivity contribution >= 4 is 0 Å². The summed E-state index contributed by atoms with van der Waals surface area (Å²) in [4.78, 5) is 0. The summed E-state index contributed by atoms with van der Waals surface area (Å²) in [7, 11) is 0. The van der Waals surface area contributed by atoms with Gasteiger partial charge in [0.05, 0.1) is 6.10 Å². The number of nitrogens with one attached hydrogen (secondary N) is 1. The molecule has 0 saturated heterocycles. The van der Waals surface area contributed by atoms with Gasteiger partial charge in [0, 0.05) is 6.04 Å². The molecule has 2 nitrogen and oxygen atoms in total. The maximum Gasteiger partial charge on any atom is 0.0662 e. The molecule has 0 aromatic rings. The van der Waals surface area contributed by atoms with Crippen molar-refractivity contribution in [1.82, 2.24) is 5.32 Å². The third kappa shape index (κ3) is 2.46. The van der Waals surface area contributed by atoms with Crippen LogP contribution in [0, 0.1) is 11.3 Å². The predicted octanol–water partition coefficient (Wildman–Crippen LogP) is 1.39. The Bertz CT molecular complexity index is 152. The number of aliphatic hydroxyl groups excluding tert-OH is 1. The van der Waals surface area contributed by atoms with Crippen LogP contribution in [-0.4, -0.2) is 23.8 Å². The molecule has 2 N–H and O–H groups in total. The molecule has 2 heteroatoms. The summed E-state index contributed by atoms with van der Waals surface area (Å²) in [6.07, 6.45) is 1.08. The Morgan fingerprint density at radius 1 is 1.50 bits per heavy atom. The molecule has 1 aliphatic rings. The largest absolute Gasteiger partial charge is 0.392 e. The van der Waals surface area contributed by atoms with E-state index in [1.54, 1.807) is 0 Å². The molecule has 1 aliphatic carbocycles. The highest BCUT2D eigenvalue weighted by Crippen LogP contribution is 2.50. The topological polar surface area (TPSA) is 32.3 Å². The van der Waals surface area contributed by atoms with Gasteiger partial charge in [-0.2, -0.15) is 0 Å². The van der Waals surface area contributed by atoms with Crippen LogP contribution in [0.4, 0.5) is 0 Å². The van der Waals surface area contributed by atoms with Gasteiger partial charge in [-0.3, -0.25) is 0 Å². The first kappa shape index (κ1) is 10.0. The van der Waals surface area contributed by atoms with Gasteiger partial charge in [0.2, 0.25) is 0 Å². The van der Waals surface area contributed by atoms with E-state index in [9.17, 15) is 5.11 Å². The van der Waals surface area contributed by atoms with Gasteiger partial charge in [-0.05, 0) is 38.1 Å². The predicted molar refractivity (Wildman–Crippen MR) is 51.0 cm³/mol. The second-order valence-corrected chi connectivity index (χ2v) is 4.83. The van der Waals surface area contributed by atoms with Gasteiger partial charge in [0.15, 0.2) is 0 Å². The zero-order valence-electron chi connectivity index (χ0n) is 8.59.